The highest BCUT2D eigenvalue weighted by atomic mass is 19.1. The van der Waals surface area contributed by atoms with Crippen LogP contribution < -0.4 is 5.32 Å². The van der Waals surface area contributed by atoms with E-state index in [4.69, 9.17) is 5.26 Å². The van der Waals surface area contributed by atoms with Gasteiger partial charge in [-0.1, -0.05) is 13.8 Å². The first-order chi connectivity index (χ1) is 7.01. The minimum Gasteiger partial charge on any atom is -0.382 e. The molecule has 1 saturated carbocycles. The van der Waals surface area contributed by atoms with Gasteiger partial charge in [0.05, 0.1) is 11.6 Å². The summed E-state index contributed by atoms with van der Waals surface area (Å²) in [5.74, 6) is -0.366. The SMILES string of the molecule is CC1(C)CC1Nc1cc(F)cc(C#N)c1. The Morgan fingerprint density at radius 2 is 2.13 bits per heavy atom. The van der Waals surface area contributed by atoms with Gasteiger partial charge in [0.1, 0.15) is 5.82 Å². The van der Waals surface area contributed by atoms with Gasteiger partial charge in [-0.2, -0.15) is 5.26 Å². The number of rotatable bonds is 2. The molecular weight excluding hydrogens is 191 g/mol. The van der Waals surface area contributed by atoms with Crippen LogP contribution in [0, 0.1) is 22.6 Å². The Morgan fingerprint density at radius 1 is 1.47 bits per heavy atom. The highest BCUT2D eigenvalue weighted by molar-refractivity contribution is 5.51. The van der Waals surface area contributed by atoms with Crippen molar-refractivity contribution in [2.45, 2.75) is 26.3 Å². The van der Waals surface area contributed by atoms with E-state index in [0.717, 1.165) is 6.42 Å². The number of nitrogens with zero attached hydrogens (tertiary/aromatic N) is 1. The van der Waals surface area contributed by atoms with Crippen molar-refractivity contribution in [3.05, 3.63) is 29.6 Å². The number of nitrogens with one attached hydrogen (secondary N) is 1. The largest absolute Gasteiger partial charge is 0.382 e. The second-order valence-electron chi connectivity index (χ2n) is 4.73. The molecule has 15 heavy (non-hydrogen) atoms. The summed E-state index contributed by atoms with van der Waals surface area (Å²) in [4.78, 5) is 0. The van der Waals surface area contributed by atoms with Crippen LogP contribution in [0.15, 0.2) is 18.2 Å². The maximum atomic E-state index is 13.1. The zero-order valence-corrected chi connectivity index (χ0v) is 8.84. The molecule has 0 spiro atoms. The fraction of sp³-hybridized carbons (Fsp3) is 0.417. The minimum absolute atomic E-state index is 0.291. The van der Waals surface area contributed by atoms with Crippen LogP contribution in [-0.2, 0) is 0 Å². The van der Waals surface area contributed by atoms with E-state index in [1.165, 1.54) is 12.1 Å². The lowest BCUT2D eigenvalue weighted by Gasteiger charge is -2.08. The van der Waals surface area contributed by atoms with E-state index < -0.39 is 0 Å². The minimum atomic E-state index is -0.366. The number of hydrogen-bond acceptors (Lipinski definition) is 2. The van der Waals surface area contributed by atoms with Crippen molar-refractivity contribution in [1.82, 2.24) is 0 Å². The third-order valence-electron chi connectivity index (χ3n) is 2.88. The van der Waals surface area contributed by atoms with Gasteiger partial charge in [0.25, 0.3) is 0 Å². The Bertz CT molecular complexity index is 432. The van der Waals surface area contributed by atoms with Crippen LogP contribution in [-0.4, -0.2) is 6.04 Å². The van der Waals surface area contributed by atoms with E-state index in [1.807, 2.05) is 6.07 Å². The fourth-order valence-corrected chi connectivity index (χ4v) is 1.65. The fourth-order valence-electron chi connectivity index (χ4n) is 1.65. The lowest BCUT2D eigenvalue weighted by molar-refractivity contribution is 0.622. The van der Waals surface area contributed by atoms with Gasteiger partial charge < -0.3 is 5.32 Å². The second-order valence-corrected chi connectivity index (χ2v) is 4.73. The summed E-state index contributed by atoms with van der Waals surface area (Å²) < 4.78 is 13.1. The number of nitriles is 1. The van der Waals surface area contributed by atoms with E-state index in [9.17, 15) is 4.39 Å². The average Bonchev–Trinajstić information content (AvgIpc) is 2.72. The van der Waals surface area contributed by atoms with Crippen LogP contribution in [0.1, 0.15) is 25.8 Å². The molecule has 0 aliphatic heterocycles. The molecule has 1 unspecified atom stereocenters. The second kappa shape index (κ2) is 3.23. The molecule has 0 amide bonds. The Morgan fingerprint density at radius 3 is 2.67 bits per heavy atom. The van der Waals surface area contributed by atoms with Gasteiger partial charge in [0.2, 0.25) is 0 Å². The molecular formula is C12H13FN2. The van der Waals surface area contributed by atoms with Gasteiger partial charge in [-0.05, 0) is 30.0 Å². The maximum absolute atomic E-state index is 13.1. The predicted octanol–water partition coefficient (Wildman–Crippen LogP) is 2.91. The Balaban J connectivity index is 2.16. The highest BCUT2D eigenvalue weighted by Crippen LogP contribution is 2.46. The standard InChI is InChI=1S/C12H13FN2/c1-12(2)6-11(12)15-10-4-8(7-14)3-9(13)5-10/h3-5,11,15H,6H2,1-2H3. The monoisotopic (exact) mass is 204 g/mol. The van der Waals surface area contributed by atoms with E-state index in [2.05, 4.69) is 19.2 Å². The summed E-state index contributed by atoms with van der Waals surface area (Å²) in [6.45, 7) is 4.32. The van der Waals surface area contributed by atoms with Gasteiger partial charge >= 0.3 is 0 Å². The Labute approximate surface area is 88.7 Å². The van der Waals surface area contributed by atoms with Gasteiger partial charge in [-0.3, -0.25) is 0 Å². The first-order valence-corrected chi connectivity index (χ1v) is 4.98. The average molecular weight is 204 g/mol. The number of halogens is 1. The smallest absolute Gasteiger partial charge is 0.126 e. The molecule has 2 nitrogen and oxygen atoms in total. The summed E-state index contributed by atoms with van der Waals surface area (Å²) >= 11 is 0. The van der Waals surface area contributed by atoms with Gasteiger partial charge in [0, 0.05) is 11.7 Å². The molecule has 1 aliphatic rings. The lowest BCUT2D eigenvalue weighted by Crippen LogP contribution is -2.08. The Hall–Kier alpha value is -1.56. The molecule has 0 bridgehead atoms. The highest BCUT2D eigenvalue weighted by Gasteiger charge is 2.45. The van der Waals surface area contributed by atoms with Crippen LogP contribution in [0.3, 0.4) is 0 Å². The van der Waals surface area contributed by atoms with Crippen molar-refractivity contribution in [3.63, 3.8) is 0 Å². The van der Waals surface area contributed by atoms with Crippen molar-refractivity contribution in [2.24, 2.45) is 5.41 Å². The van der Waals surface area contributed by atoms with Crippen LogP contribution in [0.2, 0.25) is 0 Å². The van der Waals surface area contributed by atoms with Crippen LogP contribution in [0.4, 0.5) is 10.1 Å². The van der Waals surface area contributed by atoms with Crippen molar-refractivity contribution >= 4 is 5.69 Å². The maximum Gasteiger partial charge on any atom is 0.126 e. The lowest BCUT2D eigenvalue weighted by atomic mass is 10.1. The molecule has 3 heteroatoms. The van der Waals surface area contributed by atoms with Crippen molar-refractivity contribution in [1.29, 1.82) is 5.26 Å². The molecule has 1 fully saturated rings. The van der Waals surface area contributed by atoms with Gasteiger partial charge in [-0.15, -0.1) is 0 Å². The normalized spacial score (nSPS) is 21.9. The summed E-state index contributed by atoms with van der Waals surface area (Å²) in [7, 11) is 0. The van der Waals surface area contributed by atoms with E-state index in [-0.39, 0.29) is 5.82 Å². The van der Waals surface area contributed by atoms with Crippen molar-refractivity contribution in [2.75, 3.05) is 5.32 Å². The van der Waals surface area contributed by atoms with Crippen LogP contribution in [0.5, 0.6) is 0 Å². The number of anilines is 1. The van der Waals surface area contributed by atoms with Crippen LogP contribution >= 0.6 is 0 Å². The zero-order chi connectivity index (χ0) is 11.1. The van der Waals surface area contributed by atoms with E-state index >= 15 is 0 Å². The quantitative estimate of drug-likeness (QED) is 0.804. The Kier molecular flexibility index (Phi) is 2.15. The number of benzene rings is 1. The molecule has 1 atom stereocenters. The van der Waals surface area contributed by atoms with Crippen LogP contribution in [0.25, 0.3) is 0 Å². The molecule has 1 N–H and O–H groups in total. The van der Waals surface area contributed by atoms with E-state index in [1.54, 1.807) is 6.07 Å². The summed E-state index contributed by atoms with van der Waals surface area (Å²) in [6, 6.07) is 6.68. The third-order valence-corrected chi connectivity index (χ3v) is 2.88. The van der Waals surface area contributed by atoms with Crippen molar-refractivity contribution in [3.8, 4) is 6.07 Å². The van der Waals surface area contributed by atoms with Gasteiger partial charge in [-0.25, -0.2) is 4.39 Å². The molecule has 0 saturated heterocycles. The third kappa shape index (κ3) is 2.10. The molecule has 1 aromatic rings. The van der Waals surface area contributed by atoms with Gasteiger partial charge in [0.15, 0.2) is 0 Å². The topological polar surface area (TPSA) is 35.8 Å². The zero-order valence-electron chi connectivity index (χ0n) is 8.84. The molecule has 1 aromatic carbocycles. The first-order valence-electron chi connectivity index (χ1n) is 4.98. The van der Waals surface area contributed by atoms with Crippen molar-refractivity contribution < 1.29 is 4.39 Å². The molecule has 78 valence electrons. The molecule has 0 aromatic heterocycles. The predicted molar refractivity (Wildman–Crippen MR) is 56.9 cm³/mol. The summed E-state index contributed by atoms with van der Waals surface area (Å²) in [6.07, 6.45) is 1.09. The summed E-state index contributed by atoms with van der Waals surface area (Å²) in [5, 5.41) is 11.9. The molecule has 2 rings (SSSR count). The molecule has 1 aliphatic carbocycles. The first kappa shape index (κ1) is 9.97. The molecule has 0 radical (unpaired) electrons. The van der Waals surface area contributed by atoms with E-state index in [0.29, 0.717) is 22.7 Å². The summed E-state index contributed by atoms with van der Waals surface area (Å²) in [5.41, 5.74) is 1.34. The number of hydrogen-bond donors (Lipinski definition) is 1. The molecule has 0 heterocycles.